The van der Waals surface area contributed by atoms with Crippen LogP contribution in [0.15, 0.2) is 0 Å². The van der Waals surface area contributed by atoms with Crippen LogP contribution in [0.3, 0.4) is 0 Å². The van der Waals surface area contributed by atoms with E-state index in [9.17, 15) is 5.11 Å². The number of nitrogens with zero attached hydrogens (tertiary/aromatic N) is 1. The van der Waals surface area contributed by atoms with Gasteiger partial charge in [0, 0.05) is 17.5 Å². The van der Waals surface area contributed by atoms with Crippen LogP contribution in [0, 0.1) is 13.8 Å². The van der Waals surface area contributed by atoms with E-state index in [1.54, 1.807) is 11.3 Å². The van der Waals surface area contributed by atoms with Gasteiger partial charge in [-0.3, -0.25) is 0 Å². The number of thiazole rings is 1. The van der Waals surface area contributed by atoms with Crippen molar-refractivity contribution in [2.24, 2.45) is 0 Å². The molecule has 2 unspecified atom stereocenters. The molecule has 0 bridgehead atoms. The van der Waals surface area contributed by atoms with Crippen molar-refractivity contribution in [1.82, 2.24) is 10.3 Å². The zero-order valence-electron chi connectivity index (χ0n) is 13.4. The zero-order valence-corrected chi connectivity index (χ0v) is 14.2. The summed E-state index contributed by atoms with van der Waals surface area (Å²) in [4.78, 5) is 5.71. The van der Waals surface area contributed by atoms with Gasteiger partial charge < -0.3 is 15.2 Å². The van der Waals surface area contributed by atoms with Gasteiger partial charge in [0.15, 0.2) is 0 Å². The van der Waals surface area contributed by atoms with E-state index < -0.39 is 6.10 Å². The summed E-state index contributed by atoms with van der Waals surface area (Å²) in [5.74, 6) is 0. The molecule has 2 atom stereocenters. The minimum absolute atomic E-state index is 0.223. The van der Waals surface area contributed by atoms with Crippen LogP contribution in [-0.2, 0) is 4.74 Å². The van der Waals surface area contributed by atoms with E-state index in [1.165, 1.54) is 24.1 Å². The van der Waals surface area contributed by atoms with Gasteiger partial charge in [0.2, 0.25) is 0 Å². The van der Waals surface area contributed by atoms with Crippen LogP contribution in [0.4, 0.5) is 0 Å². The molecule has 2 rings (SSSR count). The molecule has 0 aliphatic heterocycles. The van der Waals surface area contributed by atoms with Gasteiger partial charge in [-0.15, -0.1) is 11.3 Å². The second kappa shape index (κ2) is 8.22. The summed E-state index contributed by atoms with van der Waals surface area (Å²) in [6, 6.07) is 0.223. The molecule has 1 aromatic heterocycles. The van der Waals surface area contributed by atoms with Gasteiger partial charge in [-0.25, -0.2) is 4.98 Å². The van der Waals surface area contributed by atoms with E-state index in [-0.39, 0.29) is 6.04 Å². The first kappa shape index (κ1) is 16.9. The van der Waals surface area contributed by atoms with Crippen LogP contribution in [0.1, 0.15) is 60.6 Å². The average molecular weight is 312 g/mol. The largest absolute Gasteiger partial charge is 0.389 e. The second-order valence-corrected chi connectivity index (χ2v) is 7.29. The third-order valence-electron chi connectivity index (χ3n) is 4.07. The van der Waals surface area contributed by atoms with Gasteiger partial charge in [0.1, 0.15) is 0 Å². The monoisotopic (exact) mass is 312 g/mol. The van der Waals surface area contributed by atoms with Gasteiger partial charge in [0.25, 0.3) is 0 Å². The van der Waals surface area contributed by atoms with Crippen molar-refractivity contribution in [3.05, 3.63) is 15.6 Å². The number of hydrogen-bond acceptors (Lipinski definition) is 5. The summed E-state index contributed by atoms with van der Waals surface area (Å²) in [5, 5.41) is 14.5. The summed E-state index contributed by atoms with van der Waals surface area (Å²) in [6.07, 6.45) is 6.07. The van der Waals surface area contributed by atoms with Crippen LogP contribution in [0.5, 0.6) is 0 Å². The summed E-state index contributed by atoms with van der Waals surface area (Å²) in [6.45, 7) is 7.18. The number of aromatic nitrogens is 1. The average Bonchev–Trinajstić information content (AvgIpc) is 2.82. The maximum atomic E-state index is 10.1. The zero-order chi connectivity index (χ0) is 15.2. The molecule has 120 valence electrons. The van der Waals surface area contributed by atoms with Crippen molar-refractivity contribution in [2.45, 2.75) is 71.1 Å². The Labute approximate surface area is 131 Å². The van der Waals surface area contributed by atoms with Crippen LogP contribution < -0.4 is 5.32 Å². The van der Waals surface area contributed by atoms with E-state index in [1.807, 2.05) is 13.8 Å². The molecule has 0 spiro atoms. The maximum Gasteiger partial charge on any atom is 0.0900 e. The molecule has 1 heterocycles. The number of ether oxygens (including phenoxy) is 1. The van der Waals surface area contributed by atoms with Crippen molar-refractivity contribution < 1.29 is 9.84 Å². The summed E-state index contributed by atoms with van der Waals surface area (Å²) in [7, 11) is 0. The van der Waals surface area contributed by atoms with Crippen molar-refractivity contribution in [3.63, 3.8) is 0 Å². The molecule has 1 saturated carbocycles. The lowest BCUT2D eigenvalue weighted by molar-refractivity contribution is -0.0234. The molecule has 1 aliphatic rings. The van der Waals surface area contributed by atoms with E-state index in [4.69, 9.17) is 4.74 Å². The molecule has 0 amide bonds. The number of aliphatic hydroxyl groups is 1. The topological polar surface area (TPSA) is 54.4 Å². The van der Waals surface area contributed by atoms with Gasteiger partial charge in [0.05, 0.1) is 29.5 Å². The fraction of sp³-hybridized carbons (Fsp3) is 0.812. The highest BCUT2D eigenvalue weighted by atomic mass is 32.1. The molecule has 1 fully saturated rings. The first-order valence-electron chi connectivity index (χ1n) is 8.03. The quantitative estimate of drug-likeness (QED) is 0.812. The van der Waals surface area contributed by atoms with Crippen LogP contribution in [0.25, 0.3) is 0 Å². The lowest BCUT2D eigenvalue weighted by Crippen LogP contribution is -2.33. The molecule has 4 nitrogen and oxygen atoms in total. The fourth-order valence-electron chi connectivity index (χ4n) is 2.89. The van der Waals surface area contributed by atoms with Crippen molar-refractivity contribution in [2.75, 3.05) is 13.2 Å². The molecule has 0 radical (unpaired) electrons. The maximum absolute atomic E-state index is 10.1. The first-order valence-corrected chi connectivity index (χ1v) is 8.85. The van der Waals surface area contributed by atoms with Gasteiger partial charge >= 0.3 is 0 Å². The molecule has 1 aliphatic carbocycles. The molecule has 5 heteroatoms. The molecular weight excluding hydrogens is 284 g/mol. The fourth-order valence-corrected chi connectivity index (χ4v) is 3.85. The number of rotatable bonds is 7. The predicted octanol–water partition coefficient (Wildman–Crippen LogP) is 3.12. The highest BCUT2D eigenvalue weighted by molar-refractivity contribution is 7.11. The Kier molecular flexibility index (Phi) is 6.61. The Morgan fingerprint density at radius 3 is 2.67 bits per heavy atom. The Balaban J connectivity index is 1.68. The van der Waals surface area contributed by atoms with Gasteiger partial charge in [-0.2, -0.15) is 0 Å². The molecule has 1 aromatic rings. The third kappa shape index (κ3) is 5.33. The highest BCUT2D eigenvalue weighted by Gasteiger charge is 2.17. The van der Waals surface area contributed by atoms with Crippen molar-refractivity contribution >= 4 is 11.3 Å². The van der Waals surface area contributed by atoms with Crippen LogP contribution >= 0.6 is 11.3 Å². The SMILES string of the molecule is Cc1nc(C)c(C(C)NCC(O)COC2CCCCC2)s1. The molecule has 2 N–H and O–H groups in total. The van der Waals surface area contributed by atoms with E-state index >= 15 is 0 Å². The molecule has 0 aromatic carbocycles. The molecule has 21 heavy (non-hydrogen) atoms. The van der Waals surface area contributed by atoms with Crippen LogP contribution in [0.2, 0.25) is 0 Å². The second-order valence-electron chi connectivity index (χ2n) is 6.06. The lowest BCUT2D eigenvalue weighted by atomic mass is 9.98. The normalized spacial score (nSPS) is 19.6. The Hall–Kier alpha value is -0.490. The Morgan fingerprint density at radius 2 is 2.05 bits per heavy atom. The van der Waals surface area contributed by atoms with E-state index in [0.29, 0.717) is 19.3 Å². The van der Waals surface area contributed by atoms with Crippen molar-refractivity contribution in [1.29, 1.82) is 0 Å². The number of aryl methyl sites for hydroxylation is 2. The minimum Gasteiger partial charge on any atom is -0.389 e. The Bertz CT molecular complexity index is 430. The minimum atomic E-state index is -0.441. The van der Waals surface area contributed by atoms with Gasteiger partial charge in [-0.05, 0) is 33.6 Å². The van der Waals surface area contributed by atoms with E-state index in [0.717, 1.165) is 23.5 Å². The molecule has 0 saturated heterocycles. The highest BCUT2D eigenvalue weighted by Crippen LogP contribution is 2.24. The van der Waals surface area contributed by atoms with E-state index in [2.05, 4.69) is 17.2 Å². The first-order chi connectivity index (χ1) is 10.1. The van der Waals surface area contributed by atoms with Crippen LogP contribution in [-0.4, -0.2) is 35.5 Å². The summed E-state index contributed by atoms with van der Waals surface area (Å²) in [5.41, 5.74) is 1.09. The number of nitrogens with one attached hydrogen (secondary N) is 1. The number of hydrogen-bond donors (Lipinski definition) is 2. The van der Waals surface area contributed by atoms with Gasteiger partial charge in [-0.1, -0.05) is 19.3 Å². The predicted molar refractivity (Wildman–Crippen MR) is 86.8 cm³/mol. The summed E-state index contributed by atoms with van der Waals surface area (Å²) >= 11 is 1.72. The standard InChI is InChI=1S/C16H28N2O2S/c1-11(16-12(2)18-13(3)21-16)17-9-14(19)10-20-15-7-5-4-6-8-15/h11,14-15,17,19H,4-10H2,1-3H3. The number of aliphatic hydroxyl groups excluding tert-OH is 1. The molecular formula is C16H28N2O2S. The lowest BCUT2D eigenvalue weighted by Gasteiger charge is -2.24. The smallest absolute Gasteiger partial charge is 0.0900 e. The Morgan fingerprint density at radius 1 is 1.33 bits per heavy atom. The third-order valence-corrected chi connectivity index (χ3v) is 5.32. The van der Waals surface area contributed by atoms with Crippen molar-refractivity contribution in [3.8, 4) is 0 Å². The summed E-state index contributed by atoms with van der Waals surface area (Å²) < 4.78 is 5.81.